The molecule has 92 valence electrons. The quantitative estimate of drug-likeness (QED) is 0.715. The van der Waals surface area contributed by atoms with Crippen LogP contribution in [0.3, 0.4) is 0 Å². The van der Waals surface area contributed by atoms with Crippen LogP contribution in [0, 0.1) is 6.92 Å². The summed E-state index contributed by atoms with van der Waals surface area (Å²) in [4.78, 5) is 0. The molecule has 0 spiro atoms. The van der Waals surface area contributed by atoms with E-state index in [2.05, 4.69) is 78.3 Å². The van der Waals surface area contributed by atoms with Crippen molar-refractivity contribution in [3.63, 3.8) is 0 Å². The lowest BCUT2D eigenvalue weighted by atomic mass is 9.92. The topological polar surface area (TPSA) is 0 Å². The lowest BCUT2D eigenvalue weighted by Crippen LogP contribution is -2.04. The average molecular weight is 301 g/mol. The first-order valence-electron chi connectivity index (χ1n) is 6.43. The summed E-state index contributed by atoms with van der Waals surface area (Å²) in [6, 6.07) is 17.6. The Labute approximate surface area is 117 Å². The van der Waals surface area contributed by atoms with Crippen LogP contribution in [-0.4, -0.2) is 0 Å². The van der Waals surface area contributed by atoms with E-state index in [4.69, 9.17) is 0 Å². The van der Waals surface area contributed by atoms with Crippen molar-refractivity contribution in [1.29, 1.82) is 0 Å². The molecule has 1 heteroatoms. The van der Waals surface area contributed by atoms with Crippen molar-refractivity contribution in [3.8, 4) is 0 Å². The van der Waals surface area contributed by atoms with Crippen LogP contribution in [0.15, 0.2) is 53.0 Å². The number of benzene rings is 2. The first-order valence-corrected chi connectivity index (χ1v) is 7.22. The first-order chi connectivity index (χ1) is 8.61. The van der Waals surface area contributed by atoms with E-state index in [1.165, 1.54) is 27.6 Å². The molecule has 1 aliphatic rings. The van der Waals surface area contributed by atoms with Gasteiger partial charge < -0.3 is 0 Å². The van der Waals surface area contributed by atoms with Crippen LogP contribution in [0.1, 0.15) is 36.0 Å². The van der Waals surface area contributed by atoms with Gasteiger partial charge in [-0.25, -0.2) is 0 Å². The third kappa shape index (κ3) is 1.91. The molecule has 1 fully saturated rings. The Balaban J connectivity index is 1.92. The van der Waals surface area contributed by atoms with Gasteiger partial charge in [0.25, 0.3) is 0 Å². The van der Waals surface area contributed by atoms with E-state index in [0.29, 0.717) is 11.3 Å². The van der Waals surface area contributed by atoms with Crippen molar-refractivity contribution in [2.24, 2.45) is 0 Å². The van der Waals surface area contributed by atoms with Gasteiger partial charge in [-0.2, -0.15) is 0 Å². The SMILES string of the molecule is Cc1ccc([C@@]2(C)C[C@@H]2c2ccccc2Br)cc1. The van der Waals surface area contributed by atoms with Crippen LogP contribution in [0.4, 0.5) is 0 Å². The fourth-order valence-electron chi connectivity index (χ4n) is 2.83. The summed E-state index contributed by atoms with van der Waals surface area (Å²) < 4.78 is 1.24. The Hall–Kier alpha value is -1.08. The van der Waals surface area contributed by atoms with E-state index in [9.17, 15) is 0 Å². The van der Waals surface area contributed by atoms with Gasteiger partial charge in [-0.3, -0.25) is 0 Å². The highest BCUT2D eigenvalue weighted by molar-refractivity contribution is 9.10. The highest BCUT2D eigenvalue weighted by Gasteiger charge is 2.52. The van der Waals surface area contributed by atoms with Crippen molar-refractivity contribution < 1.29 is 0 Å². The zero-order valence-electron chi connectivity index (χ0n) is 10.8. The molecule has 3 rings (SSSR count). The van der Waals surface area contributed by atoms with Gasteiger partial charge in [-0.1, -0.05) is 70.9 Å². The first kappa shape index (κ1) is 12.0. The summed E-state index contributed by atoms with van der Waals surface area (Å²) in [5.41, 5.74) is 4.56. The summed E-state index contributed by atoms with van der Waals surface area (Å²) >= 11 is 3.67. The van der Waals surface area contributed by atoms with Gasteiger partial charge in [0.1, 0.15) is 0 Å². The van der Waals surface area contributed by atoms with Gasteiger partial charge in [-0.05, 0) is 36.5 Å². The molecule has 0 heterocycles. The molecule has 0 nitrogen and oxygen atoms in total. The van der Waals surface area contributed by atoms with Gasteiger partial charge in [0.2, 0.25) is 0 Å². The van der Waals surface area contributed by atoms with Gasteiger partial charge in [0, 0.05) is 9.89 Å². The smallest absolute Gasteiger partial charge is 0.0210 e. The van der Waals surface area contributed by atoms with Crippen molar-refractivity contribution >= 4 is 15.9 Å². The van der Waals surface area contributed by atoms with E-state index in [-0.39, 0.29) is 0 Å². The maximum atomic E-state index is 3.67. The highest BCUT2D eigenvalue weighted by Crippen LogP contribution is 2.61. The Bertz CT molecular complexity index is 570. The molecule has 0 N–H and O–H groups in total. The zero-order valence-corrected chi connectivity index (χ0v) is 12.4. The molecule has 2 aromatic rings. The van der Waals surface area contributed by atoms with Gasteiger partial charge in [-0.15, -0.1) is 0 Å². The Morgan fingerprint density at radius 1 is 1.06 bits per heavy atom. The molecule has 0 bridgehead atoms. The summed E-state index contributed by atoms with van der Waals surface area (Å²) in [5.74, 6) is 0.649. The monoisotopic (exact) mass is 300 g/mol. The Morgan fingerprint density at radius 2 is 1.72 bits per heavy atom. The number of rotatable bonds is 2. The predicted molar refractivity (Wildman–Crippen MR) is 80.0 cm³/mol. The molecule has 18 heavy (non-hydrogen) atoms. The molecule has 1 saturated carbocycles. The number of hydrogen-bond acceptors (Lipinski definition) is 0. The van der Waals surface area contributed by atoms with Crippen LogP contribution < -0.4 is 0 Å². The molecule has 2 aromatic carbocycles. The Morgan fingerprint density at radius 3 is 2.39 bits per heavy atom. The molecule has 0 aliphatic heterocycles. The second kappa shape index (κ2) is 4.24. The number of hydrogen-bond donors (Lipinski definition) is 0. The van der Waals surface area contributed by atoms with Crippen LogP contribution in [0.5, 0.6) is 0 Å². The van der Waals surface area contributed by atoms with Crippen molar-refractivity contribution in [3.05, 3.63) is 69.7 Å². The largest absolute Gasteiger partial charge is 0.0619 e. The van der Waals surface area contributed by atoms with E-state index in [1.54, 1.807) is 0 Å². The minimum atomic E-state index is 0.317. The van der Waals surface area contributed by atoms with Gasteiger partial charge >= 0.3 is 0 Å². The van der Waals surface area contributed by atoms with Crippen LogP contribution in [-0.2, 0) is 5.41 Å². The maximum absolute atomic E-state index is 3.67. The summed E-state index contributed by atoms with van der Waals surface area (Å²) in [5, 5.41) is 0. The summed E-state index contributed by atoms with van der Waals surface area (Å²) in [6.45, 7) is 4.52. The minimum absolute atomic E-state index is 0.317. The summed E-state index contributed by atoms with van der Waals surface area (Å²) in [7, 11) is 0. The van der Waals surface area contributed by atoms with E-state index in [0.717, 1.165) is 0 Å². The second-order valence-corrected chi connectivity index (χ2v) is 6.42. The van der Waals surface area contributed by atoms with Crippen molar-refractivity contribution in [1.82, 2.24) is 0 Å². The van der Waals surface area contributed by atoms with Gasteiger partial charge in [0.05, 0.1) is 0 Å². The molecule has 0 saturated heterocycles. The standard InChI is InChI=1S/C17H17Br/c1-12-7-9-13(10-8-12)17(2)11-15(17)14-5-3-4-6-16(14)18/h3-10,15H,11H2,1-2H3/t15-,17-/m1/s1. The van der Waals surface area contributed by atoms with E-state index < -0.39 is 0 Å². The third-order valence-corrected chi connectivity index (χ3v) is 4.95. The fourth-order valence-corrected chi connectivity index (χ4v) is 3.39. The summed E-state index contributed by atoms with van der Waals surface area (Å²) in [6.07, 6.45) is 1.25. The normalized spacial score (nSPS) is 26.1. The zero-order chi connectivity index (χ0) is 12.8. The molecule has 1 aliphatic carbocycles. The third-order valence-electron chi connectivity index (χ3n) is 4.23. The molecule has 2 atom stereocenters. The van der Waals surface area contributed by atoms with E-state index >= 15 is 0 Å². The Kier molecular flexibility index (Phi) is 2.82. The molecule has 0 aromatic heterocycles. The molecular weight excluding hydrogens is 284 g/mol. The molecule has 0 radical (unpaired) electrons. The lowest BCUT2D eigenvalue weighted by Gasteiger charge is -2.13. The fraction of sp³-hybridized carbons (Fsp3) is 0.294. The molecule has 0 unspecified atom stereocenters. The predicted octanol–water partition coefficient (Wildman–Crippen LogP) is 5.20. The van der Waals surface area contributed by atoms with Crippen LogP contribution in [0.25, 0.3) is 0 Å². The minimum Gasteiger partial charge on any atom is -0.0619 e. The van der Waals surface area contributed by atoms with Crippen molar-refractivity contribution in [2.75, 3.05) is 0 Å². The average Bonchev–Trinajstić information content (AvgIpc) is 3.04. The molecule has 0 amide bonds. The van der Waals surface area contributed by atoms with E-state index in [1.807, 2.05) is 0 Å². The highest BCUT2D eigenvalue weighted by atomic mass is 79.9. The maximum Gasteiger partial charge on any atom is 0.0210 e. The number of aryl methyl sites for hydroxylation is 1. The van der Waals surface area contributed by atoms with Crippen LogP contribution in [0.2, 0.25) is 0 Å². The van der Waals surface area contributed by atoms with Crippen LogP contribution >= 0.6 is 15.9 Å². The molecular formula is C17H17Br. The van der Waals surface area contributed by atoms with Gasteiger partial charge in [0.15, 0.2) is 0 Å². The second-order valence-electron chi connectivity index (χ2n) is 5.56. The van der Waals surface area contributed by atoms with Crippen molar-refractivity contribution in [2.45, 2.75) is 31.6 Å². The number of halogens is 1. The lowest BCUT2D eigenvalue weighted by molar-refractivity contribution is 0.747.